The van der Waals surface area contributed by atoms with Crippen LogP contribution in [-0.4, -0.2) is 15.4 Å². The van der Waals surface area contributed by atoms with Gasteiger partial charge in [-0.3, -0.25) is 0 Å². The van der Waals surface area contributed by atoms with E-state index >= 15 is 0 Å². The maximum atomic E-state index is 11.7. The van der Waals surface area contributed by atoms with E-state index in [0.29, 0.717) is 5.56 Å². The van der Waals surface area contributed by atoms with Crippen molar-refractivity contribution in [2.24, 2.45) is 0 Å². The number of rotatable bonds is 2. The van der Waals surface area contributed by atoms with Crippen molar-refractivity contribution in [1.82, 2.24) is 0 Å². The summed E-state index contributed by atoms with van der Waals surface area (Å²) >= 11 is 0. The fraction of sp³-hybridized carbons (Fsp3) is 0.350. The molecule has 0 aliphatic heterocycles. The minimum absolute atomic E-state index is 0. The van der Waals surface area contributed by atoms with E-state index in [9.17, 15) is 4.79 Å². The Balaban J connectivity index is -0.000000685. The maximum Gasteiger partial charge on any atom is 3.00 e. The van der Waals surface area contributed by atoms with Crippen LogP contribution in [0.25, 0.3) is 11.3 Å². The Morgan fingerprint density at radius 2 is 1.46 bits per heavy atom. The number of carbonyl (C=O) groups excluding carboxylic acids is 1. The number of allylic oxidation sites excluding steroid dienone is 4. The maximum absolute atomic E-state index is 11.7. The van der Waals surface area contributed by atoms with Crippen LogP contribution in [0.3, 0.4) is 0 Å². The van der Waals surface area contributed by atoms with Crippen molar-refractivity contribution in [1.29, 1.82) is 0 Å². The molecule has 0 heterocycles. The molecule has 0 bridgehead atoms. The van der Waals surface area contributed by atoms with Crippen molar-refractivity contribution in [2.75, 3.05) is 0 Å². The third-order valence-corrected chi connectivity index (χ3v) is 4.01. The van der Waals surface area contributed by atoms with Gasteiger partial charge in [0.15, 0.2) is 0 Å². The third-order valence-electron chi connectivity index (χ3n) is 4.01. The van der Waals surface area contributed by atoms with Crippen LogP contribution in [0.1, 0.15) is 44.6 Å². The third kappa shape index (κ3) is 5.87. The van der Waals surface area contributed by atoms with Gasteiger partial charge in [-0.2, -0.15) is 0 Å². The first kappa shape index (κ1) is 27.9. The second-order valence-corrected chi connectivity index (χ2v) is 6.40. The molecule has 0 saturated carbocycles. The number of benzene rings is 1. The van der Waals surface area contributed by atoms with E-state index in [1.165, 1.54) is 5.56 Å². The molecule has 1 aliphatic rings. The molecule has 1 N–H and O–H groups in total. The van der Waals surface area contributed by atoms with Crippen molar-refractivity contribution < 1.29 is 26.5 Å². The molecule has 0 saturated heterocycles. The Kier molecular flexibility index (Phi) is 14.5. The molecule has 0 fully saturated rings. The SMILES string of the molecule is C[Si]C.Cc1c(C)c(C)c(C2=CC=CC2)c(C([NH-])=O)c1C.[CH3-].[CH3-].[Ti+3]. The smallest absolute Gasteiger partial charge is 0.664 e. The Morgan fingerprint density at radius 1 is 1.00 bits per heavy atom. The molecule has 0 unspecified atom stereocenters. The first-order valence-corrected chi connectivity index (χ1v) is 9.17. The fourth-order valence-electron chi connectivity index (χ4n) is 2.63. The molecular formula is C20H30NOSiTi. The molecular weight excluding hydrogens is 346 g/mol. The van der Waals surface area contributed by atoms with Gasteiger partial charge in [-0.25, -0.2) is 0 Å². The van der Waals surface area contributed by atoms with Crippen LogP contribution in [0.2, 0.25) is 13.1 Å². The molecule has 24 heavy (non-hydrogen) atoms. The number of hydrogen-bond acceptors (Lipinski definition) is 1. The molecule has 0 atom stereocenters. The van der Waals surface area contributed by atoms with Crippen LogP contribution in [0, 0.1) is 42.5 Å². The molecule has 2 nitrogen and oxygen atoms in total. The van der Waals surface area contributed by atoms with Crippen LogP contribution in [0.15, 0.2) is 18.2 Å². The summed E-state index contributed by atoms with van der Waals surface area (Å²) in [5.41, 5.74) is 14.7. The van der Waals surface area contributed by atoms with E-state index in [2.05, 4.69) is 26.1 Å². The zero-order valence-electron chi connectivity index (χ0n) is 16.3. The fourth-order valence-corrected chi connectivity index (χ4v) is 2.63. The zero-order chi connectivity index (χ0) is 16.2. The monoisotopic (exact) mass is 376 g/mol. The van der Waals surface area contributed by atoms with Crippen LogP contribution in [0.5, 0.6) is 0 Å². The van der Waals surface area contributed by atoms with Gasteiger partial charge in [0, 0.05) is 15.1 Å². The molecule has 1 aliphatic carbocycles. The largest absolute Gasteiger partial charge is 3.00 e. The standard InChI is InChI=1S/C16H19NO.C2H6Si.2CH3.Ti/c1-9-10(2)12(4)15(16(17)18)14(11(9)3)13-7-5-6-8-13;1-3-2;;;/h5-7H,8H2,1-4H3,(H2,17,18);1-2H3;2*1H3;/q;;2*-1;+3/p-1. The molecule has 129 valence electrons. The number of amides is 1. The summed E-state index contributed by atoms with van der Waals surface area (Å²) < 4.78 is 0. The molecule has 0 spiro atoms. The molecule has 0 aromatic heterocycles. The van der Waals surface area contributed by atoms with E-state index in [4.69, 9.17) is 5.73 Å². The predicted octanol–water partition coefficient (Wildman–Crippen LogP) is 6.14. The molecule has 1 aromatic rings. The molecule has 1 aromatic carbocycles. The molecule has 4 heteroatoms. The Bertz CT molecular complexity index is 619. The number of hydrogen-bond donors (Lipinski definition) is 0. The van der Waals surface area contributed by atoms with Gasteiger partial charge >= 0.3 is 21.7 Å². The van der Waals surface area contributed by atoms with Gasteiger partial charge in [0.25, 0.3) is 0 Å². The van der Waals surface area contributed by atoms with Gasteiger partial charge in [0.1, 0.15) is 0 Å². The van der Waals surface area contributed by atoms with Crippen molar-refractivity contribution in [2.45, 2.75) is 47.2 Å². The van der Waals surface area contributed by atoms with Crippen molar-refractivity contribution in [3.8, 4) is 0 Å². The summed E-state index contributed by atoms with van der Waals surface area (Å²) in [6, 6.07) is 0. The topological polar surface area (TPSA) is 40.9 Å². The van der Waals surface area contributed by atoms with Crippen molar-refractivity contribution >= 4 is 21.0 Å². The van der Waals surface area contributed by atoms with Crippen LogP contribution in [-0.2, 0) is 21.7 Å². The average Bonchev–Trinajstić information content (AvgIpc) is 2.94. The summed E-state index contributed by atoms with van der Waals surface area (Å²) in [7, 11) is 1.08. The second-order valence-electron chi connectivity index (χ2n) is 5.40. The van der Waals surface area contributed by atoms with Crippen molar-refractivity contribution in [3.63, 3.8) is 0 Å². The Hall–Kier alpha value is -0.899. The van der Waals surface area contributed by atoms with Crippen LogP contribution in [0.4, 0.5) is 0 Å². The van der Waals surface area contributed by atoms with Gasteiger partial charge in [-0.1, -0.05) is 31.3 Å². The average molecular weight is 376 g/mol. The Labute approximate surface area is 166 Å². The van der Waals surface area contributed by atoms with E-state index in [0.717, 1.165) is 43.8 Å². The van der Waals surface area contributed by atoms with Gasteiger partial charge in [0.05, 0.1) is 5.91 Å². The summed E-state index contributed by atoms with van der Waals surface area (Å²) in [4.78, 5) is 11.7. The number of nitrogens with one attached hydrogen (secondary N) is 1. The van der Waals surface area contributed by atoms with E-state index in [1.807, 2.05) is 32.9 Å². The van der Waals surface area contributed by atoms with Crippen molar-refractivity contribution in [3.05, 3.63) is 72.2 Å². The first-order valence-electron chi connectivity index (χ1n) is 7.17. The second kappa shape index (κ2) is 12.5. The van der Waals surface area contributed by atoms with E-state index < -0.39 is 5.91 Å². The van der Waals surface area contributed by atoms with Gasteiger partial charge < -0.3 is 25.4 Å². The quantitative estimate of drug-likeness (QED) is 0.451. The van der Waals surface area contributed by atoms with E-state index in [-0.39, 0.29) is 36.6 Å². The first-order chi connectivity index (χ1) is 9.86. The number of carbonyl (C=O) groups is 1. The summed E-state index contributed by atoms with van der Waals surface area (Å²) in [6.07, 6.45) is 6.99. The van der Waals surface area contributed by atoms with Gasteiger partial charge in [0.2, 0.25) is 0 Å². The zero-order valence-corrected chi connectivity index (χ0v) is 18.9. The van der Waals surface area contributed by atoms with E-state index in [1.54, 1.807) is 0 Å². The normalized spacial score (nSPS) is 11.2. The molecule has 3 radical (unpaired) electrons. The van der Waals surface area contributed by atoms with Gasteiger partial charge in [-0.15, -0.1) is 0 Å². The van der Waals surface area contributed by atoms with Gasteiger partial charge in [-0.05, 0) is 67.5 Å². The van der Waals surface area contributed by atoms with Crippen LogP contribution < -0.4 is 0 Å². The molecule has 2 rings (SSSR count). The minimum Gasteiger partial charge on any atom is -0.664 e. The summed E-state index contributed by atoms with van der Waals surface area (Å²) in [6.45, 7) is 12.4. The summed E-state index contributed by atoms with van der Waals surface area (Å²) in [5.74, 6) is -0.582. The predicted molar refractivity (Wildman–Crippen MR) is 106 cm³/mol. The van der Waals surface area contributed by atoms with Crippen LogP contribution >= 0.6 is 0 Å². The summed E-state index contributed by atoms with van der Waals surface area (Å²) in [5, 5.41) is 0. The minimum atomic E-state index is -0.582. The Morgan fingerprint density at radius 3 is 1.83 bits per heavy atom. The molecule has 1 amide bonds.